The van der Waals surface area contributed by atoms with Crippen LogP contribution in [0, 0.1) is 23.7 Å². The summed E-state index contributed by atoms with van der Waals surface area (Å²) in [6.07, 6.45) is 4.58. The van der Waals surface area contributed by atoms with Crippen molar-refractivity contribution in [2.45, 2.75) is 58.5 Å². The first-order valence-corrected chi connectivity index (χ1v) is 15.0. The molecule has 0 aliphatic heterocycles. The number of nitriles is 1. The van der Waals surface area contributed by atoms with Crippen LogP contribution in [-0.4, -0.2) is 43.1 Å². The maximum atomic E-state index is 14.0. The first kappa shape index (κ1) is 30.3. The highest BCUT2D eigenvalue weighted by Crippen LogP contribution is 2.48. The molecule has 3 heterocycles. The Labute approximate surface area is 264 Å². The molecule has 0 spiro atoms. The normalized spacial score (nSPS) is 14.7. The Kier molecular flexibility index (Phi) is 7.87. The molecule has 0 radical (unpaired) electrons. The second-order valence-electron chi connectivity index (χ2n) is 12.6. The van der Waals surface area contributed by atoms with Crippen LogP contribution < -0.4 is 10.6 Å². The minimum Gasteiger partial charge on any atom is -0.383 e. The van der Waals surface area contributed by atoms with Crippen molar-refractivity contribution in [2.24, 2.45) is 5.41 Å². The molecule has 6 rings (SSSR count). The summed E-state index contributed by atoms with van der Waals surface area (Å²) >= 11 is 6.69. The lowest BCUT2D eigenvalue weighted by Crippen LogP contribution is -2.26. The van der Waals surface area contributed by atoms with Crippen LogP contribution >= 0.6 is 11.6 Å². The van der Waals surface area contributed by atoms with E-state index < -0.39 is 18.0 Å². The molecule has 1 saturated carbocycles. The molecule has 12 heteroatoms. The van der Waals surface area contributed by atoms with Crippen molar-refractivity contribution in [3.63, 3.8) is 0 Å². The number of nitrogens with one attached hydrogen (secondary N) is 2. The molecule has 0 unspecified atom stereocenters. The molecule has 2 aromatic carbocycles. The summed E-state index contributed by atoms with van der Waals surface area (Å²) in [4.78, 5) is 4.66. The van der Waals surface area contributed by atoms with Gasteiger partial charge < -0.3 is 10.6 Å². The molecule has 230 valence electrons. The summed E-state index contributed by atoms with van der Waals surface area (Å²) in [6.45, 7) is 8.92. The zero-order chi connectivity index (χ0) is 31.9. The standard InChI is InChI=1S/C33H32ClF2N9/c1-19-23(20-8-11-40-41-16-20)6-5-7-24(19)30(27-17-45(44-43-27)33(9-10-33)31(35)36)42-26-13-22(34)12-25-28(39-18-32(2,3)4)21(14-37)15-38-29(25)26/h5-8,11-13,15-17,30-31,42H,9-10,18H2,1-4H3,(H,38,39)/t30-/m0/s1. The van der Waals surface area contributed by atoms with Crippen molar-refractivity contribution in [1.82, 2.24) is 30.2 Å². The minimum atomic E-state index is -2.56. The van der Waals surface area contributed by atoms with Gasteiger partial charge in [0.1, 0.15) is 17.3 Å². The number of aromatic nitrogens is 6. The van der Waals surface area contributed by atoms with Crippen LogP contribution in [0.3, 0.4) is 0 Å². The lowest BCUT2D eigenvalue weighted by molar-refractivity contribution is 0.0593. The van der Waals surface area contributed by atoms with Crippen LogP contribution in [0.4, 0.5) is 20.2 Å². The van der Waals surface area contributed by atoms with E-state index in [1.807, 2.05) is 31.2 Å². The van der Waals surface area contributed by atoms with Gasteiger partial charge in [0.15, 0.2) is 0 Å². The summed E-state index contributed by atoms with van der Waals surface area (Å²) in [7, 11) is 0. The quantitative estimate of drug-likeness (QED) is 0.172. The van der Waals surface area contributed by atoms with Gasteiger partial charge in [-0.3, -0.25) is 4.98 Å². The predicted octanol–water partition coefficient (Wildman–Crippen LogP) is 7.53. The molecule has 45 heavy (non-hydrogen) atoms. The van der Waals surface area contributed by atoms with E-state index in [2.05, 4.69) is 63.0 Å². The number of benzene rings is 2. The Morgan fingerprint density at radius 1 is 1.13 bits per heavy atom. The number of halogens is 3. The Morgan fingerprint density at radius 2 is 1.93 bits per heavy atom. The summed E-state index contributed by atoms with van der Waals surface area (Å²) < 4.78 is 29.4. The molecule has 1 aliphatic rings. The SMILES string of the molecule is Cc1c(-c2ccnnc2)cccc1[C@H](Nc1cc(Cl)cc2c(NCC(C)(C)C)c(C#N)cnc12)c1cn(C2(C(F)F)CC2)nn1. The number of hydrogen-bond donors (Lipinski definition) is 2. The number of anilines is 2. The fourth-order valence-electron chi connectivity index (χ4n) is 5.50. The van der Waals surface area contributed by atoms with Crippen LogP contribution in [0.5, 0.6) is 0 Å². The third-order valence-electron chi connectivity index (χ3n) is 8.17. The van der Waals surface area contributed by atoms with E-state index in [4.69, 9.17) is 11.6 Å². The third kappa shape index (κ3) is 5.90. The van der Waals surface area contributed by atoms with Crippen molar-refractivity contribution in [3.05, 3.63) is 88.6 Å². The smallest absolute Gasteiger partial charge is 0.263 e. The Hall–Kier alpha value is -4.69. The van der Waals surface area contributed by atoms with Gasteiger partial charge in [-0.15, -0.1) is 5.10 Å². The first-order chi connectivity index (χ1) is 21.5. The van der Waals surface area contributed by atoms with Crippen molar-refractivity contribution in [2.75, 3.05) is 17.2 Å². The van der Waals surface area contributed by atoms with Crippen molar-refractivity contribution >= 4 is 33.9 Å². The molecule has 9 nitrogen and oxygen atoms in total. The highest BCUT2D eigenvalue weighted by atomic mass is 35.5. The Balaban J connectivity index is 1.50. The lowest BCUT2D eigenvalue weighted by Gasteiger charge is -2.24. The van der Waals surface area contributed by atoms with E-state index >= 15 is 0 Å². The van der Waals surface area contributed by atoms with E-state index in [1.165, 1.54) is 4.68 Å². The number of pyridine rings is 1. The molecular weight excluding hydrogens is 596 g/mol. The summed E-state index contributed by atoms with van der Waals surface area (Å²) in [5, 5.41) is 34.5. The number of alkyl halides is 2. The van der Waals surface area contributed by atoms with Crippen LogP contribution in [0.2, 0.25) is 5.02 Å². The molecule has 0 bridgehead atoms. The van der Waals surface area contributed by atoms with E-state index in [-0.39, 0.29) is 5.41 Å². The third-order valence-corrected chi connectivity index (χ3v) is 8.38. The average Bonchev–Trinajstić information content (AvgIpc) is 3.69. The number of hydrogen-bond acceptors (Lipinski definition) is 8. The molecular formula is C33H32ClF2N9. The van der Waals surface area contributed by atoms with Crippen LogP contribution in [-0.2, 0) is 5.54 Å². The van der Waals surface area contributed by atoms with Crippen molar-refractivity contribution in [3.8, 4) is 17.2 Å². The predicted molar refractivity (Wildman–Crippen MR) is 170 cm³/mol. The maximum absolute atomic E-state index is 14.0. The average molecular weight is 628 g/mol. The fourth-order valence-corrected chi connectivity index (χ4v) is 5.72. The van der Waals surface area contributed by atoms with E-state index in [1.54, 1.807) is 36.9 Å². The summed E-state index contributed by atoms with van der Waals surface area (Å²) in [5.41, 5.74) is 4.90. The Morgan fingerprint density at radius 3 is 2.60 bits per heavy atom. The number of nitrogens with zero attached hydrogens (tertiary/aromatic N) is 7. The second kappa shape index (κ2) is 11.7. The van der Waals surface area contributed by atoms with Gasteiger partial charge in [0, 0.05) is 28.7 Å². The summed E-state index contributed by atoms with van der Waals surface area (Å²) in [6, 6.07) is 12.9. The van der Waals surface area contributed by atoms with Crippen LogP contribution in [0.25, 0.3) is 22.0 Å². The topological polar surface area (TPSA) is 117 Å². The van der Waals surface area contributed by atoms with E-state index in [9.17, 15) is 14.0 Å². The van der Waals surface area contributed by atoms with Gasteiger partial charge in [-0.05, 0) is 60.1 Å². The van der Waals surface area contributed by atoms with E-state index in [0.29, 0.717) is 57.9 Å². The molecule has 3 aromatic heterocycles. The number of rotatable bonds is 9. The van der Waals surface area contributed by atoms with E-state index in [0.717, 1.165) is 22.3 Å². The van der Waals surface area contributed by atoms with Gasteiger partial charge in [-0.25, -0.2) is 13.5 Å². The monoisotopic (exact) mass is 627 g/mol. The fraction of sp³-hybridized carbons (Fsp3) is 0.333. The molecule has 0 amide bonds. The summed E-state index contributed by atoms with van der Waals surface area (Å²) in [5.74, 6) is 0. The van der Waals surface area contributed by atoms with Gasteiger partial charge >= 0.3 is 0 Å². The van der Waals surface area contributed by atoms with Crippen molar-refractivity contribution in [1.29, 1.82) is 5.26 Å². The highest BCUT2D eigenvalue weighted by Gasteiger charge is 2.54. The van der Waals surface area contributed by atoms with Gasteiger partial charge in [-0.2, -0.15) is 15.5 Å². The lowest BCUT2D eigenvalue weighted by atomic mass is 9.92. The largest absolute Gasteiger partial charge is 0.383 e. The van der Waals surface area contributed by atoms with Gasteiger partial charge in [0.05, 0.1) is 47.1 Å². The highest BCUT2D eigenvalue weighted by molar-refractivity contribution is 6.32. The van der Waals surface area contributed by atoms with Gasteiger partial charge in [-0.1, -0.05) is 55.8 Å². The molecule has 1 aliphatic carbocycles. The van der Waals surface area contributed by atoms with Crippen LogP contribution in [0.1, 0.15) is 62.0 Å². The second-order valence-corrected chi connectivity index (χ2v) is 13.1. The van der Waals surface area contributed by atoms with Crippen molar-refractivity contribution < 1.29 is 8.78 Å². The Bertz CT molecular complexity index is 1910. The number of fused-ring (bicyclic) bond motifs is 1. The van der Waals surface area contributed by atoms with Gasteiger partial charge in [0.2, 0.25) is 0 Å². The van der Waals surface area contributed by atoms with Gasteiger partial charge in [0.25, 0.3) is 6.43 Å². The van der Waals surface area contributed by atoms with Crippen LogP contribution in [0.15, 0.2) is 61.2 Å². The first-order valence-electron chi connectivity index (χ1n) is 14.6. The maximum Gasteiger partial charge on any atom is 0.263 e. The molecule has 1 atom stereocenters. The zero-order valence-corrected chi connectivity index (χ0v) is 26.1. The zero-order valence-electron chi connectivity index (χ0n) is 25.3. The molecule has 1 fully saturated rings. The molecule has 5 aromatic rings. The molecule has 0 saturated heterocycles. The molecule has 2 N–H and O–H groups in total. The minimum absolute atomic E-state index is 0.0527.